The van der Waals surface area contributed by atoms with Crippen molar-refractivity contribution in [1.29, 1.82) is 0 Å². The van der Waals surface area contributed by atoms with Crippen molar-refractivity contribution in [2.75, 3.05) is 25.5 Å². The van der Waals surface area contributed by atoms with Gasteiger partial charge in [0.15, 0.2) is 0 Å². The summed E-state index contributed by atoms with van der Waals surface area (Å²) in [5.41, 5.74) is 4.02. The van der Waals surface area contributed by atoms with Crippen LogP contribution in [0.4, 0.5) is 5.69 Å². The lowest BCUT2D eigenvalue weighted by Gasteiger charge is -2.41. The van der Waals surface area contributed by atoms with Gasteiger partial charge in [-0.3, -0.25) is 9.59 Å². The molecule has 0 radical (unpaired) electrons. The molecular weight excluding hydrogens is 388 g/mol. The van der Waals surface area contributed by atoms with E-state index in [0.717, 1.165) is 16.8 Å². The molecule has 1 aliphatic heterocycles. The molecule has 1 aliphatic rings. The van der Waals surface area contributed by atoms with Gasteiger partial charge < -0.3 is 14.9 Å². The first-order valence-electron chi connectivity index (χ1n) is 10.4. The van der Waals surface area contributed by atoms with Crippen LogP contribution in [0, 0.1) is 0 Å². The third-order valence-corrected chi connectivity index (χ3v) is 5.94. The van der Waals surface area contributed by atoms with E-state index in [-0.39, 0.29) is 5.91 Å². The molecule has 0 unspecified atom stereocenters. The molecule has 0 saturated heterocycles. The second-order valence-electron chi connectivity index (χ2n) is 8.07. The normalized spacial score (nSPS) is 17.9. The van der Waals surface area contributed by atoms with Crippen molar-refractivity contribution in [2.24, 2.45) is 0 Å². The molecule has 3 aromatic rings. The van der Waals surface area contributed by atoms with Crippen molar-refractivity contribution >= 4 is 17.6 Å². The summed E-state index contributed by atoms with van der Waals surface area (Å²) in [5, 5.41) is 10.2. The fourth-order valence-electron chi connectivity index (χ4n) is 4.34. The number of nitrogens with zero attached hydrogens (tertiary/aromatic N) is 2. The Morgan fingerprint density at radius 2 is 1.58 bits per heavy atom. The monoisotopic (exact) mass is 414 g/mol. The molecule has 0 saturated carbocycles. The van der Waals surface area contributed by atoms with Crippen molar-refractivity contribution < 1.29 is 14.7 Å². The standard InChI is InChI=1S/C26H26N2O3/c1-27(2)20-14-12-19(13-15-20)24-23(26(30)31)21-10-6-7-11-22(21)25(29)28(24)17-16-18-8-4-3-5-9-18/h3-15,23-24H,16-17H2,1-2H3,(H,30,31)/t23-,24-/m0/s1. The van der Waals surface area contributed by atoms with E-state index in [1.807, 2.05) is 73.6 Å². The average molecular weight is 415 g/mol. The maximum Gasteiger partial charge on any atom is 0.313 e. The number of rotatable bonds is 6. The summed E-state index contributed by atoms with van der Waals surface area (Å²) in [6, 6.07) is 24.3. The molecule has 4 rings (SSSR count). The summed E-state index contributed by atoms with van der Waals surface area (Å²) < 4.78 is 0. The number of carboxylic acid groups (broad SMARTS) is 1. The molecule has 31 heavy (non-hydrogen) atoms. The van der Waals surface area contributed by atoms with E-state index in [0.29, 0.717) is 24.1 Å². The highest BCUT2D eigenvalue weighted by Crippen LogP contribution is 2.43. The number of carbonyl (C=O) groups is 2. The van der Waals surface area contributed by atoms with E-state index in [4.69, 9.17) is 0 Å². The van der Waals surface area contributed by atoms with Gasteiger partial charge in [-0.25, -0.2) is 0 Å². The van der Waals surface area contributed by atoms with Gasteiger partial charge in [-0.1, -0.05) is 60.7 Å². The van der Waals surface area contributed by atoms with Gasteiger partial charge in [0.1, 0.15) is 5.92 Å². The van der Waals surface area contributed by atoms with Gasteiger partial charge in [0, 0.05) is 31.9 Å². The summed E-state index contributed by atoms with van der Waals surface area (Å²) >= 11 is 0. The number of benzene rings is 3. The number of hydrogen-bond donors (Lipinski definition) is 1. The van der Waals surface area contributed by atoms with E-state index in [1.165, 1.54) is 0 Å². The van der Waals surface area contributed by atoms with Gasteiger partial charge in [0.05, 0.1) is 6.04 Å². The Hall–Kier alpha value is -3.60. The van der Waals surface area contributed by atoms with Gasteiger partial charge in [-0.15, -0.1) is 0 Å². The van der Waals surface area contributed by atoms with Crippen LogP contribution in [0.2, 0.25) is 0 Å². The van der Waals surface area contributed by atoms with Crippen LogP contribution >= 0.6 is 0 Å². The first-order chi connectivity index (χ1) is 15.0. The van der Waals surface area contributed by atoms with Crippen LogP contribution < -0.4 is 4.90 Å². The minimum absolute atomic E-state index is 0.120. The largest absolute Gasteiger partial charge is 0.481 e. The predicted octanol–water partition coefficient (Wildman–Crippen LogP) is 4.36. The zero-order chi connectivity index (χ0) is 22.0. The Balaban J connectivity index is 1.78. The molecule has 0 fully saturated rings. The highest BCUT2D eigenvalue weighted by molar-refractivity contribution is 6.00. The topological polar surface area (TPSA) is 60.9 Å². The second kappa shape index (κ2) is 8.64. The number of hydrogen-bond acceptors (Lipinski definition) is 3. The van der Waals surface area contributed by atoms with Gasteiger partial charge in [0.2, 0.25) is 0 Å². The van der Waals surface area contributed by atoms with Crippen molar-refractivity contribution in [2.45, 2.75) is 18.4 Å². The summed E-state index contributed by atoms with van der Waals surface area (Å²) in [4.78, 5) is 29.7. The summed E-state index contributed by atoms with van der Waals surface area (Å²) in [7, 11) is 3.92. The van der Waals surface area contributed by atoms with E-state index < -0.39 is 17.9 Å². The lowest BCUT2D eigenvalue weighted by molar-refractivity contribution is -0.140. The molecule has 0 aliphatic carbocycles. The molecule has 1 heterocycles. The smallest absolute Gasteiger partial charge is 0.313 e. The molecule has 158 valence electrons. The summed E-state index contributed by atoms with van der Waals surface area (Å²) in [6.45, 7) is 0.445. The fraction of sp³-hybridized carbons (Fsp3) is 0.231. The molecule has 0 aromatic heterocycles. The number of aliphatic carboxylic acids is 1. The van der Waals surface area contributed by atoms with Crippen molar-refractivity contribution in [3.05, 3.63) is 101 Å². The lowest BCUT2D eigenvalue weighted by Crippen LogP contribution is -2.45. The number of fused-ring (bicyclic) bond motifs is 1. The van der Waals surface area contributed by atoms with E-state index in [1.54, 1.807) is 29.2 Å². The first kappa shape index (κ1) is 20.7. The zero-order valence-electron chi connectivity index (χ0n) is 17.7. The maximum atomic E-state index is 13.5. The van der Waals surface area contributed by atoms with Crippen LogP contribution in [0.15, 0.2) is 78.9 Å². The molecule has 0 bridgehead atoms. The van der Waals surface area contributed by atoms with Gasteiger partial charge in [-0.2, -0.15) is 0 Å². The molecule has 2 atom stereocenters. The summed E-state index contributed by atoms with van der Waals surface area (Å²) in [5.74, 6) is -1.87. The predicted molar refractivity (Wildman–Crippen MR) is 122 cm³/mol. The SMILES string of the molecule is CN(C)c1ccc([C@H]2[C@@H](C(=O)O)c3ccccc3C(=O)N2CCc2ccccc2)cc1. The van der Waals surface area contributed by atoms with Crippen LogP contribution in [0.1, 0.15) is 39.0 Å². The Labute approximate surface area is 182 Å². The molecule has 1 N–H and O–H groups in total. The number of carbonyl (C=O) groups excluding carboxylic acids is 1. The third kappa shape index (κ3) is 4.04. The number of carboxylic acids is 1. The molecule has 3 aromatic carbocycles. The van der Waals surface area contributed by atoms with Crippen molar-refractivity contribution in [1.82, 2.24) is 4.90 Å². The van der Waals surface area contributed by atoms with E-state index >= 15 is 0 Å². The number of amides is 1. The van der Waals surface area contributed by atoms with Crippen LogP contribution in [0.25, 0.3) is 0 Å². The third-order valence-electron chi connectivity index (χ3n) is 5.94. The fourth-order valence-corrected chi connectivity index (χ4v) is 4.34. The minimum Gasteiger partial charge on any atom is -0.481 e. The average Bonchev–Trinajstić information content (AvgIpc) is 2.79. The van der Waals surface area contributed by atoms with Gasteiger partial charge in [-0.05, 0) is 41.3 Å². The Morgan fingerprint density at radius 1 is 0.935 bits per heavy atom. The van der Waals surface area contributed by atoms with Crippen molar-refractivity contribution in [3.8, 4) is 0 Å². The van der Waals surface area contributed by atoms with Crippen LogP contribution in [0.3, 0.4) is 0 Å². The first-order valence-corrected chi connectivity index (χ1v) is 10.4. The lowest BCUT2D eigenvalue weighted by atomic mass is 9.79. The quantitative estimate of drug-likeness (QED) is 0.651. The highest BCUT2D eigenvalue weighted by Gasteiger charge is 2.44. The van der Waals surface area contributed by atoms with Crippen LogP contribution in [-0.4, -0.2) is 42.5 Å². The van der Waals surface area contributed by atoms with Gasteiger partial charge >= 0.3 is 5.97 Å². The summed E-state index contributed by atoms with van der Waals surface area (Å²) in [6.07, 6.45) is 0.660. The Kier molecular flexibility index (Phi) is 5.76. The molecule has 5 nitrogen and oxygen atoms in total. The van der Waals surface area contributed by atoms with Crippen LogP contribution in [0.5, 0.6) is 0 Å². The number of anilines is 1. The van der Waals surface area contributed by atoms with E-state index in [2.05, 4.69) is 0 Å². The van der Waals surface area contributed by atoms with E-state index in [9.17, 15) is 14.7 Å². The Morgan fingerprint density at radius 3 is 2.23 bits per heavy atom. The second-order valence-corrected chi connectivity index (χ2v) is 8.07. The molecule has 0 spiro atoms. The zero-order valence-corrected chi connectivity index (χ0v) is 17.7. The van der Waals surface area contributed by atoms with Crippen molar-refractivity contribution in [3.63, 3.8) is 0 Å². The minimum atomic E-state index is -0.925. The maximum absolute atomic E-state index is 13.5. The Bertz CT molecular complexity index is 1080. The van der Waals surface area contributed by atoms with Gasteiger partial charge in [0.25, 0.3) is 5.91 Å². The molecule has 5 heteroatoms. The van der Waals surface area contributed by atoms with Crippen LogP contribution in [-0.2, 0) is 11.2 Å². The molecular formula is C26H26N2O3. The molecule has 1 amide bonds. The highest BCUT2D eigenvalue weighted by atomic mass is 16.4.